The maximum absolute atomic E-state index is 12.3. The summed E-state index contributed by atoms with van der Waals surface area (Å²) >= 11 is 0. The third-order valence-corrected chi connectivity index (χ3v) is 6.33. The molecule has 1 N–H and O–H groups in total. The molecular formula is C23H28N4O5. The molecule has 2 unspecified atom stereocenters. The molecule has 2 aliphatic heterocycles. The van der Waals surface area contributed by atoms with Crippen molar-refractivity contribution in [3.63, 3.8) is 0 Å². The number of hydrogen-bond donors (Lipinski definition) is 1. The van der Waals surface area contributed by atoms with E-state index >= 15 is 0 Å². The van der Waals surface area contributed by atoms with E-state index in [1.165, 1.54) is 11.8 Å². The molecule has 9 heteroatoms. The molecule has 0 aromatic heterocycles. The van der Waals surface area contributed by atoms with Crippen LogP contribution in [0.3, 0.4) is 0 Å². The van der Waals surface area contributed by atoms with Crippen molar-refractivity contribution in [1.29, 1.82) is 5.26 Å². The number of carbonyl (C=O) groups excluding carboxylic acids is 3. The van der Waals surface area contributed by atoms with Gasteiger partial charge in [0.15, 0.2) is 0 Å². The molecular weight excluding hydrogens is 412 g/mol. The monoisotopic (exact) mass is 440 g/mol. The van der Waals surface area contributed by atoms with Crippen LogP contribution in [0.15, 0.2) is 24.3 Å². The van der Waals surface area contributed by atoms with E-state index < -0.39 is 23.2 Å². The number of benzene rings is 1. The fourth-order valence-electron chi connectivity index (χ4n) is 4.78. The molecule has 0 bridgehead atoms. The molecule has 1 saturated carbocycles. The Morgan fingerprint density at radius 1 is 1.22 bits per heavy atom. The van der Waals surface area contributed by atoms with Crippen LogP contribution in [0.25, 0.3) is 0 Å². The molecule has 1 aromatic rings. The van der Waals surface area contributed by atoms with Crippen LogP contribution >= 0.6 is 0 Å². The maximum atomic E-state index is 12.3. The SMILES string of the molecule is CC(=O)NC[C@H]1CN(c2ccc(C3(C#N)C4CN(C(=O)OC(C)(C)C)CC43)cc2)C(=O)O1. The highest BCUT2D eigenvalue weighted by Crippen LogP contribution is 2.63. The summed E-state index contributed by atoms with van der Waals surface area (Å²) in [5, 5.41) is 12.6. The van der Waals surface area contributed by atoms with Crippen LogP contribution in [-0.2, 0) is 19.7 Å². The number of cyclic esters (lactones) is 1. The van der Waals surface area contributed by atoms with Gasteiger partial charge in [-0.1, -0.05) is 12.1 Å². The highest BCUT2D eigenvalue weighted by atomic mass is 16.6. The Morgan fingerprint density at radius 3 is 2.38 bits per heavy atom. The smallest absolute Gasteiger partial charge is 0.414 e. The number of fused-ring (bicyclic) bond motifs is 1. The van der Waals surface area contributed by atoms with E-state index in [1.807, 2.05) is 45.0 Å². The van der Waals surface area contributed by atoms with Gasteiger partial charge < -0.3 is 19.7 Å². The van der Waals surface area contributed by atoms with Gasteiger partial charge in [-0.15, -0.1) is 0 Å². The largest absolute Gasteiger partial charge is 0.444 e. The first kappa shape index (κ1) is 21.9. The summed E-state index contributed by atoms with van der Waals surface area (Å²) in [7, 11) is 0. The minimum atomic E-state index is -0.615. The van der Waals surface area contributed by atoms with Crippen molar-refractivity contribution in [3.05, 3.63) is 29.8 Å². The zero-order valence-corrected chi connectivity index (χ0v) is 18.8. The standard InChI is InChI=1S/C23H28N4O5/c1-14(28)25-9-17-10-27(21(30)31-17)16-7-5-15(6-8-16)23(13-24)18-11-26(12-19(18)23)20(29)32-22(2,3)4/h5-8,17-19H,9-12H2,1-4H3,(H,25,28)/t17-,18?,19?,23?/m0/s1. The van der Waals surface area contributed by atoms with Crippen molar-refractivity contribution in [2.45, 2.75) is 44.8 Å². The molecule has 170 valence electrons. The van der Waals surface area contributed by atoms with Gasteiger partial charge in [0, 0.05) is 37.5 Å². The second-order valence-corrected chi connectivity index (χ2v) is 9.68. The number of nitrogens with one attached hydrogen (secondary N) is 1. The molecule has 32 heavy (non-hydrogen) atoms. The zero-order chi connectivity index (χ0) is 23.3. The number of likely N-dealkylation sites (tertiary alicyclic amines) is 1. The Bertz CT molecular complexity index is 966. The Morgan fingerprint density at radius 2 is 1.84 bits per heavy atom. The molecule has 3 atom stereocenters. The predicted octanol–water partition coefficient (Wildman–Crippen LogP) is 2.41. The number of carbonyl (C=O) groups is 3. The Balaban J connectivity index is 1.41. The van der Waals surface area contributed by atoms with Gasteiger partial charge in [0.05, 0.1) is 24.6 Å². The molecule has 3 fully saturated rings. The van der Waals surface area contributed by atoms with Crippen molar-refractivity contribution in [3.8, 4) is 6.07 Å². The minimum absolute atomic E-state index is 0.0738. The molecule has 2 saturated heterocycles. The quantitative estimate of drug-likeness (QED) is 0.770. The third kappa shape index (κ3) is 3.85. The number of amides is 3. The Labute approximate surface area is 187 Å². The lowest BCUT2D eigenvalue weighted by atomic mass is 9.91. The molecule has 3 amide bonds. The summed E-state index contributed by atoms with van der Waals surface area (Å²) in [6.45, 7) is 8.53. The Kier molecular flexibility index (Phi) is 5.27. The second-order valence-electron chi connectivity index (χ2n) is 9.68. The first-order chi connectivity index (χ1) is 15.0. The lowest BCUT2D eigenvalue weighted by molar-refractivity contribution is -0.119. The summed E-state index contributed by atoms with van der Waals surface area (Å²) in [5.74, 6) is -0.0276. The number of hydrogen-bond acceptors (Lipinski definition) is 6. The first-order valence-corrected chi connectivity index (χ1v) is 10.8. The fraction of sp³-hybridized carbons (Fsp3) is 0.565. The van der Waals surface area contributed by atoms with Crippen LogP contribution in [-0.4, -0.2) is 60.9 Å². The van der Waals surface area contributed by atoms with Crippen LogP contribution in [0.2, 0.25) is 0 Å². The lowest BCUT2D eigenvalue weighted by Gasteiger charge is -2.27. The van der Waals surface area contributed by atoms with Crippen LogP contribution in [0.5, 0.6) is 0 Å². The average Bonchev–Trinajstić information content (AvgIpc) is 3.02. The van der Waals surface area contributed by atoms with E-state index in [0.717, 1.165) is 5.56 Å². The van der Waals surface area contributed by atoms with E-state index in [2.05, 4.69) is 11.4 Å². The number of anilines is 1. The Hall–Kier alpha value is -3.28. The second kappa shape index (κ2) is 7.69. The van der Waals surface area contributed by atoms with E-state index in [1.54, 1.807) is 4.90 Å². The molecule has 9 nitrogen and oxygen atoms in total. The highest BCUT2D eigenvalue weighted by Gasteiger charge is 2.70. The first-order valence-electron chi connectivity index (χ1n) is 10.8. The number of piperidine rings is 1. The zero-order valence-electron chi connectivity index (χ0n) is 18.8. The van der Waals surface area contributed by atoms with Gasteiger partial charge in [0.2, 0.25) is 5.91 Å². The topological polar surface area (TPSA) is 112 Å². The summed E-state index contributed by atoms with van der Waals surface area (Å²) in [5.41, 5.74) is 0.406. The van der Waals surface area contributed by atoms with Crippen LogP contribution < -0.4 is 10.2 Å². The molecule has 3 aliphatic rings. The summed E-state index contributed by atoms with van der Waals surface area (Å²) in [6.07, 6.45) is -1.20. The third-order valence-electron chi connectivity index (χ3n) is 6.33. The summed E-state index contributed by atoms with van der Waals surface area (Å²) in [4.78, 5) is 38.9. The van der Waals surface area contributed by atoms with E-state index in [0.29, 0.717) is 25.3 Å². The highest BCUT2D eigenvalue weighted by molar-refractivity contribution is 5.90. The van der Waals surface area contributed by atoms with Gasteiger partial charge in [-0.3, -0.25) is 9.69 Å². The number of ether oxygens (including phenoxy) is 2. The van der Waals surface area contributed by atoms with Crippen molar-refractivity contribution < 1.29 is 23.9 Å². The average molecular weight is 441 g/mol. The fourth-order valence-corrected chi connectivity index (χ4v) is 4.78. The van der Waals surface area contributed by atoms with E-state index in [4.69, 9.17) is 9.47 Å². The van der Waals surface area contributed by atoms with Crippen LogP contribution in [0.4, 0.5) is 15.3 Å². The molecule has 0 radical (unpaired) electrons. The molecule has 1 aliphatic carbocycles. The molecule has 2 heterocycles. The van der Waals surface area contributed by atoms with Crippen LogP contribution in [0.1, 0.15) is 33.3 Å². The van der Waals surface area contributed by atoms with E-state index in [9.17, 15) is 19.6 Å². The summed E-state index contributed by atoms with van der Waals surface area (Å²) < 4.78 is 10.8. The van der Waals surface area contributed by atoms with Gasteiger partial charge in [-0.2, -0.15) is 5.26 Å². The van der Waals surface area contributed by atoms with Crippen molar-refractivity contribution in [2.24, 2.45) is 11.8 Å². The van der Waals surface area contributed by atoms with Gasteiger partial charge in [0.1, 0.15) is 11.7 Å². The van der Waals surface area contributed by atoms with Crippen molar-refractivity contribution >= 4 is 23.8 Å². The number of nitriles is 1. The van der Waals surface area contributed by atoms with E-state index in [-0.39, 0.29) is 30.4 Å². The van der Waals surface area contributed by atoms with Crippen molar-refractivity contribution in [2.75, 3.05) is 31.1 Å². The normalized spacial score (nSPS) is 28.6. The van der Waals surface area contributed by atoms with Gasteiger partial charge in [-0.05, 0) is 38.5 Å². The number of nitrogens with zero attached hydrogens (tertiary/aromatic N) is 3. The van der Waals surface area contributed by atoms with Gasteiger partial charge in [-0.25, -0.2) is 9.59 Å². The predicted molar refractivity (Wildman–Crippen MR) is 115 cm³/mol. The molecule has 1 aromatic carbocycles. The maximum Gasteiger partial charge on any atom is 0.414 e. The lowest BCUT2D eigenvalue weighted by Crippen LogP contribution is -2.38. The molecule has 0 spiro atoms. The molecule has 4 rings (SSSR count). The summed E-state index contributed by atoms with van der Waals surface area (Å²) in [6, 6.07) is 9.87. The minimum Gasteiger partial charge on any atom is -0.444 e. The number of rotatable bonds is 4. The van der Waals surface area contributed by atoms with Crippen molar-refractivity contribution in [1.82, 2.24) is 10.2 Å². The van der Waals surface area contributed by atoms with Gasteiger partial charge >= 0.3 is 12.2 Å². The van der Waals surface area contributed by atoms with Crippen LogP contribution in [0, 0.1) is 23.2 Å². The van der Waals surface area contributed by atoms with Gasteiger partial charge in [0.25, 0.3) is 0 Å².